The van der Waals surface area contributed by atoms with Gasteiger partial charge in [-0.3, -0.25) is 9.59 Å². The Bertz CT molecular complexity index is 860. The van der Waals surface area contributed by atoms with Crippen LogP contribution in [-0.2, 0) is 0 Å². The van der Waals surface area contributed by atoms with Crippen molar-refractivity contribution in [3.05, 3.63) is 53.6 Å². The molecule has 2 aromatic carbocycles. The van der Waals surface area contributed by atoms with E-state index in [0.717, 1.165) is 13.1 Å². The third-order valence-electron chi connectivity index (χ3n) is 4.82. The minimum atomic E-state index is -0.309. The number of ether oxygens (including phenoxy) is 2. The predicted molar refractivity (Wildman–Crippen MR) is 107 cm³/mol. The SMILES string of the molecule is COc1ccc(NC(=O)c2cccc(C(=O)N3CCN(C)CC3)c2)c(OC)c1. The molecule has 28 heavy (non-hydrogen) atoms. The minimum absolute atomic E-state index is 0.0511. The molecular weight excluding hydrogens is 358 g/mol. The van der Waals surface area contributed by atoms with E-state index < -0.39 is 0 Å². The summed E-state index contributed by atoms with van der Waals surface area (Å²) in [5.74, 6) is 0.772. The first-order chi connectivity index (χ1) is 13.5. The first-order valence-corrected chi connectivity index (χ1v) is 9.13. The van der Waals surface area contributed by atoms with Crippen molar-refractivity contribution in [3.8, 4) is 11.5 Å². The number of likely N-dealkylation sites (N-methyl/N-ethyl adjacent to an activating group) is 1. The van der Waals surface area contributed by atoms with Gasteiger partial charge in [0.1, 0.15) is 11.5 Å². The monoisotopic (exact) mass is 383 g/mol. The Hall–Kier alpha value is -3.06. The molecule has 0 radical (unpaired) electrons. The number of amides is 2. The van der Waals surface area contributed by atoms with E-state index in [4.69, 9.17) is 9.47 Å². The van der Waals surface area contributed by atoms with Crippen LogP contribution in [0.2, 0.25) is 0 Å². The second-order valence-electron chi connectivity index (χ2n) is 6.70. The second kappa shape index (κ2) is 8.75. The highest BCUT2D eigenvalue weighted by Crippen LogP contribution is 2.29. The zero-order valence-corrected chi connectivity index (χ0v) is 16.4. The number of benzene rings is 2. The Morgan fingerprint density at radius 3 is 2.32 bits per heavy atom. The molecule has 7 nitrogen and oxygen atoms in total. The van der Waals surface area contributed by atoms with E-state index in [2.05, 4.69) is 10.2 Å². The Labute approximate surface area is 164 Å². The molecule has 0 unspecified atom stereocenters. The number of methoxy groups -OCH3 is 2. The van der Waals surface area contributed by atoms with Gasteiger partial charge in [-0.2, -0.15) is 0 Å². The van der Waals surface area contributed by atoms with Gasteiger partial charge in [-0.25, -0.2) is 0 Å². The number of carbonyl (C=O) groups excluding carboxylic acids is 2. The standard InChI is InChI=1S/C21H25N3O4/c1-23-9-11-24(12-10-23)21(26)16-6-4-5-15(13-16)20(25)22-18-8-7-17(27-2)14-19(18)28-3/h4-8,13-14H,9-12H2,1-3H3,(H,22,25). The van der Waals surface area contributed by atoms with Crippen molar-refractivity contribution in [1.29, 1.82) is 0 Å². The van der Waals surface area contributed by atoms with Gasteiger partial charge < -0.3 is 24.6 Å². The third kappa shape index (κ3) is 4.43. The van der Waals surface area contributed by atoms with Gasteiger partial charge in [0.25, 0.3) is 11.8 Å². The van der Waals surface area contributed by atoms with Gasteiger partial charge in [0.2, 0.25) is 0 Å². The number of piperazine rings is 1. The first kappa shape index (κ1) is 19.7. The number of hydrogen-bond acceptors (Lipinski definition) is 5. The maximum Gasteiger partial charge on any atom is 0.255 e. The van der Waals surface area contributed by atoms with Gasteiger partial charge >= 0.3 is 0 Å². The molecule has 1 aliphatic rings. The summed E-state index contributed by atoms with van der Waals surface area (Å²) in [5.41, 5.74) is 1.46. The topological polar surface area (TPSA) is 71.1 Å². The maximum atomic E-state index is 12.8. The lowest BCUT2D eigenvalue weighted by atomic mass is 10.1. The highest BCUT2D eigenvalue weighted by Gasteiger charge is 2.21. The lowest BCUT2D eigenvalue weighted by molar-refractivity contribution is 0.0664. The lowest BCUT2D eigenvalue weighted by Crippen LogP contribution is -2.47. The van der Waals surface area contributed by atoms with Crippen molar-refractivity contribution in [2.45, 2.75) is 0 Å². The van der Waals surface area contributed by atoms with Gasteiger partial charge in [0.05, 0.1) is 19.9 Å². The van der Waals surface area contributed by atoms with E-state index in [9.17, 15) is 9.59 Å². The summed E-state index contributed by atoms with van der Waals surface area (Å²) in [6.07, 6.45) is 0. The highest BCUT2D eigenvalue weighted by atomic mass is 16.5. The Morgan fingerprint density at radius 1 is 0.929 bits per heavy atom. The quantitative estimate of drug-likeness (QED) is 0.858. The van der Waals surface area contributed by atoms with E-state index in [-0.39, 0.29) is 11.8 Å². The van der Waals surface area contributed by atoms with Crippen LogP contribution in [0.3, 0.4) is 0 Å². The molecule has 1 fully saturated rings. The van der Waals surface area contributed by atoms with Crippen molar-refractivity contribution in [2.24, 2.45) is 0 Å². The molecule has 1 aliphatic heterocycles. The Balaban J connectivity index is 1.75. The molecule has 2 amide bonds. The van der Waals surface area contributed by atoms with Crippen LogP contribution in [0.15, 0.2) is 42.5 Å². The van der Waals surface area contributed by atoms with Gasteiger partial charge in [0.15, 0.2) is 0 Å². The van der Waals surface area contributed by atoms with Crippen molar-refractivity contribution < 1.29 is 19.1 Å². The summed E-state index contributed by atoms with van der Waals surface area (Å²) >= 11 is 0. The average molecular weight is 383 g/mol. The van der Waals surface area contributed by atoms with Crippen LogP contribution in [0.1, 0.15) is 20.7 Å². The summed E-state index contributed by atoms with van der Waals surface area (Å²) in [6, 6.07) is 11.9. The molecule has 1 saturated heterocycles. The summed E-state index contributed by atoms with van der Waals surface area (Å²) in [5, 5.41) is 2.83. The second-order valence-corrected chi connectivity index (χ2v) is 6.70. The molecule has 0 atom stereocenters. The van der Waals surface area contributed by atoms with Crippen LogP contribution in [0.4, 0.5) is 5.69 Å². The summed E-state index contributed by atoms with van der Waals surface area (Å²) in [7, 11) is 5.13. The summed E-state index contributed by atoms with van der Waals surface area (Å²) in [4.78, 5) is 29.5. The molecule has 148 valence electrons. The van der Waals surface area contributed by atoms with Crippen LogP contribution in [-0.4, -0.2) is 69.1 Å². The molecule has 0 bridgehead atoms. The van der Waals surface area contributed by atoms with E-state index in [0.29, 0.717) is 41.4 Å². The minimum Gasteiger partial charge on any atom is -0.497 e. The molecule has 7 heteroatoms. The molecule has 0 aromatic heterocycles. The van der Waals surface area contributed by atoms with E-state index >= 15 is 0 Å². The average Bonchev–Trinajstić information content (AvgIpc) is 2.74. The number of nitrogens with zero attached hydrogens (tertiary/aromatic N) is 2. The zero-order valence-electron chi connectivity index (χ0n) is 16.4. The Kier molecular flexibility index (Phi) is 6.16. The number of rotatable bonds is 5. The molecular formula is C21H25N3O4. The van der Waals surface area contributed by atoms with Crippen molar-refractivity contribution in [1.82, 2.24) is 9.80 Å². The van der Waals surface area contributed by atoms with Crippen molar-refractivity contribution in [3.63, 3.8) is 0 Å². The first-order valence-electron chi connectivity index (χ1n) is 9.13. The van der Waals surface area contributed by atoms with Gasteiger partial charge in [0, 0.05) is 43.4 Å². The van der Waals surface area contributed by atoms with E-state index in [1.54, 1.807) is 49.6 Å². The molecule has 2 aromatic rings. The van der Waals surface area contributed by atoms with Gasteiger partial charge in [-0.1, -0.05) is 6.07 Å². The number of hydrogen-bond donors (Lipinski definition) is 1. The number of nitrogens with one attached hydrogen (secondary N) is 1. The van der Waals surface area contributed by atoms with Crippen molar-refractivity contribution >= 4 is 17.5 Å². The van der Waals surface area contributed by atoms with E-state index in [1.807, 2.05) is 11.9 Å². The van der Waals surface area contributed by atoms with E-state index in [1.165, 1.54) is 7.11 Å². The fourth-order valence-corrected chi connectivity index (χ4v) is 3.08. The third-order valence-corrected chi connectivity index (χ3v) is 4.82. The molecule has 0 spiro atoms. The largest absolute Gasteiger partial charge is 0.497 e. The van der Waals surface area contributed by atoms with Crippen molar-refractivity contribution in [2.75, 3.05) is 52.8 Å². The predicted octanol–water partition coefficient (Wildman–Crippen LogP) is 2.34. The maximum absolute atomic E-state index is 12.8. The fourth-order valence-electron chi connectivity index (χ4n) is 3.08. The van der Waals surface area contributed by atoms with Crippen LogP contribution >= 0.6 is 0 Å². The summed E-state index contributed by atoms with van der Waals surface area (Å²) < 4.78 is 10.5. The molecule has 1 N–H and O–H groups in total. The molecule has 0 aliphatic carbocycles. The van der Waals surface area contributed by atoms with Gasteiger partial charge in [-0.15, -0.1) is 0 Å². The highest BCUT2D eigenvalue weighted by molar-refractivity contribution is 6.06. The number of carbonyl (C=O) groups is 2. The normalized spacial score (nSPS) is 14.5. The van der Waals surface area contributed by atoms with Crippen LogP contribution < -0.4 is 14.8 Å². The smallest absolute Gasteiger partial charge is 0.255 e. The lowest BCUT2D eigenvalue weighted by Gasteiger charge is -2.32. The molecule has 3 rings (SSSR count). The number of anilines is 1. The molecule has 0 saturated carbocycles. The van der Waals surface area contributed by atoms with Crippen LogP contribution in [0.25, 0.3) is 0 Å². The fraction of sp³-hybridized carbons (Fsp3) is 0.333. The summed E-state index contributed by atoms with van der Waals surface area (Å²) in [6.45, 7) is 3.08. The van der Waals surface area contributed by atoms with Gasteiger partial charge in [-0.05, 0) is 37.4 Å². The van der Waals surface area contributed by atoms with Crippen LogP contribution in [0, 0.1) is 0 Å². The zero-order chi connectivity index (χ0) is 20.1. The van der Waals surface area contributed by atoms with Crippen LogP contribution in [0.5, 0.6) is 11.5 Å². The molecule has 1 heterocycles. The Morgan fingerprint density at radius 2 is 1.64 bits per heavy atom.